The molecule has 3 nitrogen and oxygen atoms in total. The molecule has 20 heavy (non-hydrogen) atoms. The van der Waals surface area contributed by atoms with E-state index >= 15 is 0 Å². The van der Waals surface area contributed by atoms with Crippen LogP contribution in [0.25, 0.3) is 0 Å². The third-order valence-corrected chi connectivity index (χ3v) is 3.28. The Morgan fingerprint density at radius 2 is 1.75 bits per heavy atom. The van der Waals surface area contributed by atoms with Crippen molar-refractivity contribution in [3.8, 4) is 5.75 Å². The van der Waals surface area contributed by atoms with E-state index in [0.717, 1.165) is 22.8 Å². The molecular formula is C15H16BFO3. The zero-order valence-electron chi connectivity index (χ0n) is 11.4. The molecule has 0 fully saturated rings. The van der Waals surface area contributed by atoms with Gasteiger partial charge in [0.05, 0.1) is 0 Å². The smallest absolute Gasteiger partial charge is 0.489 e. The fourth-order valence-corrected chi connectivity index (χ4v) is 2.04. The van der Waals surface area contributed by atoms with Crippen molar-refractivity contribution in [1.82, 2.24) is 0 Å². The lowest BCUT2D eigenvalue weighted by Crippen LogP contribution is -2.32. The van der Waals surface area contributed by atoms with E-state index in [0.29, 0.717) is 12.4 Å². The van der Waals surface area contributed by atoms with E-state index in [1.807, 2.05) is 32.0 Å². The van der Waals surface area contributed by atoms with Gasteiger partial charge in [0.1, 0.15) is 18.2 Å². The summed E-state index contributed by atoms with van der Waals surface area (Å²) in [6, 6.07) is 9.95. The highest BCUT2D eigenvalue weighted by Gasteiger charge is 2.16. The zero-order valence-corrected chi connectivity index (χ0v) is 11.4. The maximum Gasteiger partial charge on any atom is 0.491 e. The van der Waals surface area contributed by atoms with Crippen molar-refractivity contribution in [1.29, 1.82) is 0 Å². The summed E-state index contributed by atoms with van der Waals surface area (Å²) in [6.45, 7) is 4.34. The minimum atomic E-state index is -1.82. The van der Waals surface area contributed by atoms with Crippen LogP contribution in [0.15, 0.2) is 36.4 Å². The van der Waals surface area contributed by atoms with E-state index in [-0.39, 0.29) is 5.46 Å². The second-order valence-electron chi connectivity index (χ2n) is 4.72. The van der Waals surface area contributed by atoms with E-state index in [2.05, 4.69) is 0 Å². The molecule has 0 heterocycles. The van der Waals surface area contributed by atoms with E-state index < -0.39 is 12.9 Å². The Labute approximate surface area is 117 Å². The van der Waals surface area contributed by atoms with Gasteiger partial charge in [-0.05, 0) is 36.6 Å². The molecule has 0 spiro atoms. The Balaban J connectivity index is 2.14. The number of rotatable bonds is 4. The van der Waals surface area contributed by atoms with Gasteiger partial charge in [-0.2, -0.15) is 0 Å². The first-order valence-corrected chi connectivity index (χ1v) is 6.32. The summed E-state index contributed by atoms with van der Waals surface area (Å²) in [5, 5.41) is 17.9. The quantitative estimate of drug-likeness (QED) is 0.834. The number of halogens is 1. The molecule has 0 unspecified atom stereocenters. The maximum absolute atomic E-state index is 13.6. The van der Waals surface area contributed by atoms with Crippen molar-refractivity contribution in [3.05, 3.63) is 58.9 Å². The average Bonchev–Trinajstić information content (AvgIpc) is 2.37. The summed E-state index contributed by atoms with van der Waals surface area (Å²) in [5.41, 5.74) is 3.14. The topological polar surface area (TPSA) is 49.7 Å². The molecule has 0 aliphatic heterocycles. The molecule has 0 saturated carbocycles. The second-order valence-corrected chi connectivity index (χ2v) is 4.72. The van der Waals surface area contributed by atoms with Crippen molar-refractivity contribution in [2.75, 3.05) is 0 Å². The Kier molecular flexibility index (Phi) is 4.42. The minimum absolute atomic E-state index is 0.163. The third kappa shape index (κ3) is 3.18. The van der Waals surface area contributed by atoms with Gasteiger partial charge in [-0.15, -0.1) is 0 Å². The third-order valence-electron chi connectivity index (χ3n) is 3.28. The number of aryl methyl sites for hydroxylation is 2. The number of ether oxygens (including phenoxy) is 1. The van der Waals surface area contributed by atoms with Gasteiger partial charge in [-0.3, -0.25) is 0 Å². The van der Waals surface area contributed by atoms with E-state index in [9.17, 15) is 4.39 Å². The normalized spacial score (nSPS) is 10.4. The molecule has 5 heteroatoms. The first-order valence-electron chi connectivity index (χ1n) is 6.32. The summed E-state index contributed by atoms with van der Waals surface area (Å²) in [4.78, 5) is 0. The van der Waals surface area contributed by atoms with Gasteiger partial charge < -0.3 is 14.8 Å². The van der Waals surface area contributed by atoms with Gasteiger partial charge in [-0.25, -0.2) is 4.39 Å². The van der Waals surface area contributed by atoms with Crippen LogP contribution < -0.4 is 10.2 Å². The van der Waals surface area contributed by atoms with Crippen molar-refractivity contribution in [3.63, 3.8) is 0 Å². The van der Waals surface area contributed by atoms with E-state index in [1.54, 1.807) is 0 Å². The second kappa shape index (κ2) is 6.07. The van der Waals surface area contributed by atoms with Gasteiger partial charge in [0.2, 0.25) is 0 Å². The van der Waals surface area contributed by atoms with E-state index in [1.165, 1.54) is 12.1 Å². The van der Waals surface area contributed by atoms with Gasteiger partial charge in [-0.1, -0.05) is 24.3 Å². The predicted octanol–water partition coefficient (Wildman–Crippen LogP) is 1.70. The molecule has 0 saturated heterocycles. The Morgan fingerprint density at radius 1 is 1.10 bits per heavy atom. The highest BCUT2D eigenvalue weighted by atomic mass is 19.1. The van der Waals surface area contributed by atoms with Crippen molar-refractivity contribution < 1.29 is 19.2 Å². The summed E-state index contributed by atoms with van der Waals surface area (Å²) in [7, 11) is -1.82. The largest absolute Gasteiger partial charge is 0.491 e. The monoisotopic (exact) mass is 274 g/mol. The van der Waals surface area contributed by atoms with Gasteiger partial charge in [0.25, 0.3) is 0 Å². The molecule has 0 radical (unpaired) electrons. The summed E-state index contributed by atoms with van der Waals surface area (Å²) in [5.74, 6) is -0.339. The van der Waals surface area contributed by atoms with Gasteiger partial charge in [0, 0.05) is 11.5 Å². The fourth-order valence-electron chi connectivity index (χ4n) is 2.04. The van der Waals surface area contributed by atoms with Crippen LogP contribution in [0.5, 0.6) is 5.75 Å². The maximum atomic E-state index is 13.6. The van der Waals surface area contributed by atoms with Gasteiger partial charge >= 0.3 is 7.12 Å². The van der Waals surface area contributed by atoms with Gasteiger partial charge in [0.15, 0.2) is 0 Å². The molecule has 2 aromatic carbocycles. The molecule has 0 atom stereocenters. The fraction of sp³-hybridized carbons (Fsp3) is 0.200. The first kappa shape index (κ1) is 14.6. The van der Waals surface area contributed by atoms with Crippen LogP contribution >= 0.6 is 0 Å². The lowest BCUT2D eigenvalue weighted by Gasteiger charge is -2.12. The lowest BCUT2D eigenvalue weighted by atomic mass is 9.80. The molecule has 104 valence electrons. The predicted molar refractivity (Wildman–Crippen MR) is 76.5 cm³/mol. The van der Waals surface area contributed by atoms with Crippen molar-refractivity contribution in [2.45, 2.75) is 20.5 Å². The molecule has 0 amide bonds. The van der Waals surface area contributed by atoms with Crippen molar-refractivity contribution >= 4 is 12.6 Å². The summed E-state index contributed by atoms with van der Waals surface area (Å²) >= 11 is 0. The summed E-state index contributed by atoms with van der Waals surface area (Å²) in [6.07, 6.45) is 0. The van der Waals surface area contributed by atoms with Crippen LogP contribution in [-0.2, 0) is 6.61 Å². The number of benzene rings is 2. The number of hydrogen-bond acceptors (Lipinski definition) is 3. The summed E-state index contributed by atoms with van der Waals surface area (Å²) < 4.78 is 19.2. The zero-order chi connectivity index (χ0) is 14.7. The Bertz CT molecular complexity index is 594. The molecular weight excluding hydrogens is 258 g/mol. The van der Waals surface area contributed by atoms with Crippen LogP contribution in [0.2, 0.25) is 0 Å². The SMILES string of the molecule is Cc1cccc(C)c1COc1ccc(B(O)O)c(F)c1. The molecule has 0 bridgehead atoms. The molecule has 0 aromatic heterocycles. The number of hydrogen-bond donors (Lipinski definition) is 2. The highest BCUT2D eigenvalue weighted by molar-refractivity contribution is 6.58. The van der Waals surface area contributed by atoms with Crippen LogP contribution in [0.4, 0.5) is 4.39 Å². The van der Waals surface area contributed by atoms with Crippen LogP contribution in [0.3, 0.4) is 0 Å². The molecule has 0 aliphatic rings. The Hall–Kier alpha value is -1.85. The van der Waals surface area contributed by atoms with Crippen LogP contribution in [-0.4, -0.2) is 17.2 Å². The average molecular weight is 274 g/mol. The highest BCUT2D eigenvalue weighted by Crippen LogP contribution is 2.18. The molecule has 0 aliphatic carbocycles. The van der Waals surface area contributed by atoms with Crippen molar-refractivity contribution in [2.24, 2.45) is 0 Å². The minimum Gasteiger partial charge on any atom is -0.489 e. The lowest BCUT2D eigenvalue weighted by molar-refractivity contribution is 0.303. The standard InChI is InChI=1S/C15H16BFO3/c1-10-4-3-5-11(2)13(10)9-20-12-6-7-14(16(18)19)15(17)8-12/h3-8,18-19H,9H2,1-2H3. The first-order chi connectivity index (χ1) is 9.49. The van der Waals surface area contributed by atoms with Crippen LogP contribution in [0, 0.1) is 19.7 Å². The molecule has 2 rings (SSSR count). The van der Waals surface area contributed by atoms with E-state index in [4.69, 9.17) is 14.8 Å². The molecule has 2 aromatic rings. The molecule has 2 N–H and O–H groups in total. The Morgan fingerprint density at radius 3 is 2.30 bits per heavy atom. The van der Waals surface area contributed by atoms with Crippen LogP contribution in [0.1, 0.15) is 16.7 Å².